The van der Waals surface area contributed by atoms with E-state index in [-0.39, 0.29) is 17.9 Å². The molecular formula is C17H22N2O2. The van der Waals surface area contributed by atoms with Gasteiger partial charge < -0.3 is 0 Å². The predicted molar refractivity (Wildman–Crippen MR) is 82.0 cm³/mol. The van der Waals surface area contributed by atoms with Crippen LogP contribution in [0.4, 0.5) is 5.69 Å². The van der Waals surface area contributed by atoms with E-state index in [0.717, 1.165) is 25.1 Å². The minimum atomic E-state index is -0.263. The number of anilines is 1. The first-order valence-corrected chi connectivity index (χ1v) is 7.74. The average molecular weight is 286 g/mol. The summed E-state index contributed by atoms with van der Waals surface area (Å²) in [4.78, 5) is 28.6. The molecule has 2 fully saturated rings. The maximum atomic E-state index is 12.7. The molecule has 0 aliphatic carbocycles. The summed E-state index contributed by atoms with van der Waals surface area (Å²) in [5.41, 5.74) is 1.76. The Morgan fingerprint density at radius 2 is 2.05 bits per heavy atom. The number of aryl methyl sites for hydroxylation is 1. The van der Waals surface area contributed by atoms with Crippen molar-refractivity contribution < 1.29 is 9.59 Å². The van der Waals surface area contributed by atoms with Crippen molar-refractivity contribution in [3.63, 3.8) is 0 Å². The van der Waals surface area contributed by atoms with Crippen LogP contribution in [0.25, 0.3) is 0 Å². The van der Waals surface area contributed by atoms with Crippen LogP contribution in [0.1, 0.15) is 31.7 Å². The zero-order valence-corrected chi connectivity index (χ0v) is 12.7. The van der Waals surface area contributed by atoms with E-state index in [4.69, 9.17) is 0 Å². The number of piperidine rings is 1. The Balaban J connectivity index is 1.82. The minimum Gasteiger partial charge on any atom is -0.291 e. The largest absolute Gasteiger partial charge is 0.291 e. The Labute approximate surface area is 125 Å². The van der Waals surface area contributed by atoms with Crippen LogP contribution in [0.3, 0.4) is 0 Å². The first kappa shape index (κ1) is 14.3. The summed E-state index contributed by atoms with van der Waals surface area (Å²) in [5, 5.41) is 0. The summed E-state index contributed by atoms with van der Waals surface area (Å²) in [6.45, 7) is 6.03. The minimum absolute atomic E-state index is 0.0558. The lowest BCUT2D eigenvalue weighted by atomic mass is 9.98. The van der Waals surface area contributed by atoms with Gasteiger partial charge in [-0.3, -0.25) is 14.5 Å². The number of hydrogen-bond donors (Lipinski definition) is 0. The highest BCUT2D eigenvalue weighted by molar-refractivity contribution is 6.22. The summed E-state index contributed by atoms with van der Waals surface area (Å²) in [6, 6.07) is 7.33. The second kappa shape index (κ2) is 5.60. The molecule has 0 spiro atoms. The Morgan fingerprint density at radius 1 is 1.24 bits per heavy atom. The van der Waals surface area contributed by atoms with Gasteiger partial charge in [0, 0.05) is 6.54 Å². The molecule has 21 heavy (non-hydrogen) atoms. The van der Waals surface area contributed by atoms with Crippen molar-refractivity contribution in [1.29, 1.82) is 0 Å². The fourth-order valence-corrected chi connectivity index (χ4v) is 3.45. The number of amides is 2. The maximum Gasteiger partial charge on any atom is 0.251 e. The predicted octanol–water partition coefficient (Wildman–Crippen LogP) is 2.36. The molecule has 112 valence electrons. The van der Waals surface area contributed by atoms with Crippen molar-refractivity contribution in [2.45, 2.75) is 39.2 Å². The van der Waals surface area contributed by atoms with Crippen molar-refractivity contribution in [2.75, 3.05) is 18.0 Å². The van der Waals surface area contributed by atoms with E-state index in [1.54, 1.807) is 0 Å². The number of rotatable bonds is 2. The Morgan fingerprint density at radius 3 is 2.76 bits per heavy atom. The van der Waals surface area contributed by atoms with Gasteiger partial charge in [0.15, 0.2) is 0 Å². The molecule has 2 heterocycles. The molecule has 1 aromatic carbocycles. The molecule has 2 aliphatic heterocycles. The molecule has 2 amide bonds. The van der Waals surface area contributed by atoms with Crippen molar-refractivity contribution in [3.8, 4) is 0 Å². The number of carbonyl (C=O) groups excluding carboxylic acids is 2. The van der Waals surface area contributed by atoms with Crippen LogP contribution in [-0.4, -0.2) is 35.8 Å². The average Bonchev–Trinajstić information content (AvgIpc) is 2.74. The van der Waals surface area contributed by atoms with Crippen LogP contribution in [0.2, 0.25) is 0 Å². The van der Waals surface area contributed by atoms with E-state index in [9.17, 15) is 9.59 Å². The third-order valence-electron chi connectivity index (χ3n) is 4.51. The molecule has 2 aliphatic rings. The Bertz CT molecular complexity index is 570. The molecule has 4 heteroatoms. The van der Waals surface area contributed by atoms with Gasteiger partial charge in [-0.25, -0.2) is 4.90 Å². The third kappa shape index (κ3) is 2.72. The van der Waals surface area contributed by atoms with Crippen molar-refractivity contribution in [3.05, 3.63) is 29.8 Å². The van der Waals surface area contributed by atoms with Gasteiger partial charge in [0.1, 0.15) is 0 Å². The number of imide groups is 1. The molecular weight excluding hydrogens is 264 g/mol. The SMILES string of the molecule is Cc1cccc(N2C(=O)C[C@@H](N3CCC[C@@H](C)C3)C2=O)c1. The molecule has 0 radical (unpaired) electrons. The monoisotopic (exact) mass is 286 g/mol. The van der Waals surface area contributed by atoms with Gasteiger partial charge in [-0.05, 0) is 49.9 Å². The zero-order chi connectivity index (χ0) is 15.0. The van der Waals surface area contributed by atoms with E-state index in [1.807, 2.05) is 31.2 Å². The van der Waals surface area contributed by atoms with Crippen LogP contribution in [0, 0.1) is 12.8 Å². The molecule has 1 aromatic rings. The van der Waals surface area contributed by atoms with Gasteiger partial charge in [-0.2, -0.15) is 0 Å². The quantitative estimate of drug-likeness (QED) is 0.784. The summed E-state index contributed by atoms with van der Waals surface area (Å²) < 4.78 is 0. The zero-order valence-electron chi connectivity index (χ0n) is 12.7. The standard InChI is InChI=1S/C17H22N2O2/c1-12-5-3-7-14(9-12)19-16(20)10-15(17(19)21)18-8-4-6-13(2)11-18/h3,5,7,9,13,15H,4,6,8,10-11H2,1-2H3/t13-,15-/m1/s1. The molecule has 4 nitrogen and oxygen atoms in total. The smallest absolute Gasteiger partial charge is 0.251 e. The summed E-state index contributed by atoms with van der Waals surface area (Å²) in [7, 11) is 0. The van der Waals surface area contributed by atoms with Crippen LogP contribution in [-0.2, 0) is 9.59 Å². The number of hydrogen-bond acceptors (Lipinski definition) is 3. The lowest BCUT2D eigenvalue weighted by Crippen LogP contribution is -2.46. The van der Waals surface area contributed by atoms with Gasteiger partial charge >= 0.3 is 0 Å². The number of benzene rings is 1. The van der Waals surface area contributed by atoms with Crippen molar-refractivity contribution in [2.24, 2.45) is 5.92 Å². The van der Waals surface area contributed by atoms with Crippen LogP contribution in [0.15, 0.2) is 24.3 Å². The van der Waals surface area contributed by atoms with Crippen LogP contribution in [0.5, 0.6) is 0 Å². The molecule has 2 saturated heterocycles. The van der Waals surface area contributed by atoms with E-state index in [1.165, 1.54) is 11.3 Å². The van der Waals surface area contributed by atoms with Gasteiger partial charge in [-0.15, -0.1) is 0 Å². The number of likely N-dealkylation sites (tertiary alicyclic amines) is 1. The normalized spacial score (nSPS) is 27.4. The molecule has 0 unspecified atom stereocenters. The second-order valence-electron chi connectivity index (χ2n) is 6.37. The Kier molecular flexibility index (Phi) is 3.81. The topological polar surface area (TPSA) is 40.6 Å². The molecule has 2 atom stereocenters. The van der Waals surface area contributed by atoms with Crippen molar-refractivity contribution in [1.82, 2.24) is 4.90 Å². The highest BCUT2D eigenvalue weighted by Gasteiger charge is 2.43. The van der Waals surface area contributed by atoms with E-state index in [2.05, 4.69) is 11.8 Å². The first-order valence-electron chi connectivity index (χ1n) is 7.74. The number of carbonyl (C=O) groups is 2. The molecule has 0 saturated carbocycles. The maximum absolute atomic E-state index is 12.7. The van der Waals surface area contributed by atoms with Gasteiger partial charge in [0.05, 0.1) is 18.2 Å². The van der Waals surface area contributed by atoms with Crippen LogP contribution >= 0.6 is 0 Å². The van der Waals surface area contributed by atoms with Gasteiger partial charge in [0.2, 0.25) is 5.91 Å². The summed E-state index contributed by atoms with van der Waals surface area (Å²) in [6.07, 6.45) is 2.65. The fraction of sp³-hybridized carbons (Fsp3) is 0.529. The van der Waals surface area contributed by atoms with Gasteiger partial charge in [-0.1, -0.05) is 19.1 Å². The van der Waals surface area contributed by atoms with E-state index < -0.39 is 0 Å². The fourth-order valence-electron chi connectivity index (χ4n) is 3.45. The highest BCUT2D eigenvalue weighted by atomic mass is 16.2. The van der Waals surface area contributed by atoms with Gasteiger partial charge in [0.25, 0.3) is 5.91 Å². The summed E-state index contributed by atoms with van der Waals surface area (Å²) >= 11 is 0. The van der Waals surface area contributed by atoms with Crippen LogP contribution < -0.4 is 4.90 Å². The molecule has 0 N–H and O–H groups in total. The molecule has 0 aromatic heterocycles. The lowest BCUT2D eigenvalue weighted by Gasteiger charge is -2.34. The highest BCUT2D eigenvalue weighted by Crippen LogP contribution is 2.28. The first-order chi connectivity index (χ1) is 10.1. The summed E-state index contributed by atoms with van der Waals surface area (Å²) in [5.74, 6) is 0.475. The second-order valence-corrected chi connectivity index (χ2v) is 6.37. The van der Waals surface area contributed by atoms with E-state index >= 15 is 0 Å². The number of nitrogens with zero attached hydrogens (tertiary/aromatic N) is 2. The Hall–Kier alpha value is -1.68. The third-order valence-corrected chi connectivity index (χ3v) is 4.51. The molecule has 0 bridgehead atoms. The molecule has 3 rings (SSSR count). The lowest BCUT2D eigenvalue weighted by molar-refractivity contribution is -0.123. The van der Waals surface area contributed by atoms with E-state index in [0.29, 0.717) is 18.0 Å². The van der Waals surface area contributed by atoms with Crippen molar-refractivity contribution >= 4 is 17.5 Å².